The fraction of sp³-hybridized carbons (Fsp3) is 0.222. The normalized spacial score (nSPS) is 10.2. The van der Waals surface area contributed by atoms with Crippen molar-refractivity contribution in [3.05, 3.63) is 29.9 Å². The number of carboxylic acid groups (broad SMARTS) is 1. The van der Waals surface area contributed by atoms with Crippen LogP contribution in [0.4, 0.5) is 0 Å². The highest BCUT2D eigenvalue weighted by molar-refractivity contribution is 5.91. The second-order valence-electron chi connectivity index (χ2n) is 3.31. The lowest BCUT2D eigenvalue weighted by Crippen LogP contribution is -2.27. The van der Waals surface area contributed by atoms with Gasteiger partial charge in [-0.3, -0.25) is 4.79 Å². The van der Waals surface area contributed by atoms with Crippen molar-refractivity contribution in [3.8, 4) is 0 Å². The maximum absolute atomic E-state index is 11.4. The minimum Gasteiger partial charge on any atom is -0.476 e. The Bertz CT molecular complexity index is 547. The Morgan fingerprint density at radius 1 is 1.44 bits per heavy atom. The molecule has 0 aromatic carbocycles. The zero-order valence-corrected chi connectivity index (χ0v) is 9.11. The molecule has 9 heteroatoms. The quantitative estimate of drug-likeness (QED) is 0.726. The van der Waals surface area contributed by atoms with Crippen LogP contribution in [0.25, 0.3) is 0 Å². The first-order valence-electron chi connectivity index (χ1n) is 4.99. The number of hydrogen-bond donors (Lipinski definition) is 2. The van der Waals surface area contributed by atoms with Gasteiger partial charge in [0.15, 0.2) is 11.4 Å². The predicted octanol–water partition coefficient (Wildman–Crippen LogP) is -0.606. The first-order chi connectivity index (χ1) is 8.66. The molecule has 0 aliphatic rings. The number of aromatic nitrogens is 4. The SMILES string of the molecule is O=C(O)c1cn(CCNC(=O)c2ccon2)nn1. The van der Waals surface area contributed by atoms with Crippen molar-refractivity contribution >= 4 is 11.9 Å². The molecule has 1 amide bonds. The van der Waals surface area contributed by atoms with Crippen LogP contribution in [0.1, 0.15) is 21.0 Å². The number of aromatic carboxylic acids is 1. The molecule has 0 bridgehead atoms. The predicted molar refractivity (Wildman–Crippen MR) is 55.8 cm³/mol. The van der Waals surface area contributed by atoms with Crippen LogP contribution in [-0.2, 0) is 6.54 Å². The molecule has 2 aromatic rings. The molecule has 0 atom stereocenters. The molecule has 0 saturated carbocycles. The summed E-state index contributed by atoms with van der Waals surface area (Å²) in [6.07, 6.45) is 2.58. The van der Waals surface area contributed by atoms with Gasteiger partial charge in [-0.2, -0.15) is 0 Å². The summed E-state index contributed by atoms with van der Waals surface area (Å²) >= 11 is 0. The van der Waals surface area contributed by atoms with Crippen LogP contribution in [0.3, 0.4) is 0 Å². The zero-order valence-electron chi connectivity index (χ0n) is 9.11. The van der Waals surface area contributed by atoms with Crippen molar-refractivity contribution in [3.63, 3.8) is 0 Å². The Morgan fingerprint density at radius 3 is 2.89 bits per heavy atom. The van der Waals surface area contributed by atoms with Gasteiger partial charge < -0.3 is 14.9 Å². The number of amides is 1. The molecule has 2 heterocycles. The molecule has 2 N–H and O–H groups in total. The molecule has 0 unspecified atom stereocenters. The van der Waals surface area contributed by atoms with Crippen LogP contribution in [0.15, 0.2) is 23.0 Å². The van der Waals surface area contributed by atoms with Gasteiger partial charge in [0.1, 0.15) is 6.26 Å². The minimum absolute atomic E-state index is 0.141. The van der Waals surface area contributed by atoms with Crippen LogP contribution in [0.2, 0.25) is 0 Å². The molecule has 9 nitrogen and oxygen atoms in total. The lowest BCUT2D eigenvalue weighted by Gasteiger charge is -2.01. The summed E-state index contributed by atoms with van der Waals surface area (Å²) in [5.41, 5.74) is 0.0395. The Labute approximate surface area is 100 Å². The van der Waals surface area contributed by atoms with E-state index in [1.807, 2.05) is 0 Å². The maximum Gasteiger partial charge on any atom is 0.358 e. The van der Waals surface area contributed by atoms with E-state index in [-0.39, 0.29) is 23.8 Å². The van der Waals surface area contributed by atoms with E-state index in [1.54, 1.807) is 0 Å². The lowest BCUT2D eigenvalue weighted by atomic mass is 10.4. The molecule has 0 spiro atoms. The number of carbonyl (C=O) groups excluding carboxylic acids is 1. The molecule has 0 fully saturated rings. The first kappa shape index (κ1) is 11.8. The van der Waals surface area contributed by atoms with Crippen LogP contribution < -0.4 is 5.32 Å². The molecule has 2 rings (SSSR count). The third-order valence-corrected chi connectivity index (χ3v) is 2.05. The van der Waals surface area contributed by atoms with Crippen molar-refractivity contribution in [1.29, 1.82) is 0 Å². The Kier molecular flexibility index (Phi) is 3.32. The Morgan fingerprint density at radius 2 is 2.28 bits per heavy atom. The van der Waals surface area contributed by atoms with E-state index in [0.29, 0.717) is 6.54 Å². The van der Waals surface area contributed by atoms with Gasteiger partial charge in [0, 0.05) is 12.6 Å². The summed E-state index contributed by atoms with van der Waals surface area (Å²) in [6.45, 7) is 0.581. The third-order valence-electron chi connectivity index (χ3n) is 2.05. The topological polar surface area (TPSA) is 123 Å². The smallest absolute Gasteiger partial charge is 0.358 e. The number of carboxylic acids is 1. The molecule has 18 heavy (non-hydrogen) atoms. The zero-order chi connectivity index (χ0) is 13.0. The van der Waals surface area contributed by atoms with Gasteiger partial charge in [0.2, 0.25) is 0 Å². The van der Waals surface area contributed by atoms with Gasteiger partial charge in [-0.05, 0) is 0 Å². The van der Waals surface area contributed by atoms with E-state index in [2.05, 4.69) is 25.3 Å². The van der Waals surface area contributed by atoms with Crippen molar-refractivity contribution in [2.24, 2.45) is 0 Å². The summed E-state index contributed by atoms with van der Waals surface area (Å²) in [4.78, 5) is 22.0. The fourth-order valence-corrected chi connectivity index (χ4v) is 1.21. The molecule has 0 saturated heterocycles. The average molecular weight is 251 g/mol. The van der Waals surface area contributed by atoms with Gasteiger partial charge in [0.05, 0.1) is 12.7 Å². The van der Waals surface area contributed by atoms with Crippen LogP contribution in [0, 0.1) is 0 Å². The van der Waals surface area contributed by atoms with E-state index in [0.717, 1.165) is 0 Å². The number of carbonyl (C=O) groups is 2. The van der Waals surface area contributed by atoms with Crippen molar-refractivity contribution in [2.75, 3.05) is 6.54 Å². The van der Waals surface area contributed by atoms with Crippen LogP contribution in [0.5, 0.6) is 0 Å². The van der Waals surface area contributed by atoms with E-state index in [9.17, 15) is 9.59 Å². The molecule has 0 radical (unpaired) electrons. The molecule has 0 aliphatic heterocycles. The standard InChI is InChI=1S/C9H9N5O4/c15-8(6-1-4-18-12-6)10-2-3-14-5-7(9(16)17)11-13-14/h1,4-5H,2-3H2,(H,10,15)(H,16,17). The van der Waals surface area contributed by atoms with Gasteiger partial charge in [-0.25, -0.2) is 9.48 Å². The van der Waals surface area contributed by atoms with Gasteiger partial charge in [0.25, 0.3) is 5.91 Å². The summed E-state index contributed by atoms with van der Waals surface area (Å²) < 4.78 is 5.85. The summed E-state index contributed by atoms with van der Waals surface area (Å²) in [5, 5.41) is 21.7. The molecular weight excluding hydrogens is 242 g/mol. The van der Waals surface area contributed by atoms with Crippen molar-refractivity contribution in [1.82, 2.24) is 25.5 Å². The highest BCUT2D eigenvalue weighted by Gasteiger charge is 2.10. The van der Waals surface area contributed by atoms with Crippen LogP contribution >= 0.6 is 0 Å². The van der Waals surface area contributed by atoms with Crippen LogP contribution in [-0.4, -0.2) is 43.7 Å². The molecule has 94 valence electrons. The van der Waals surface area contributed by atoms with E-state index in [1.165, 1.54) is 23.2 Å². The maximum atomic E-state index is 11.4. The number of nitrogens with one attached hydrogen (secondary N) is 1. The van der Waals surface area contributed by atoms with Gasteiger partial charge in [-0.1, -0.05) is 10.4 Å². The number of hydrogen-bond acceptors (Lipinski definition) is 6. The largest absolute Gasteiger partial charge is 0.476 e. The highest BCUT2D eigenvalue weighted by atomic mass is 16.5. The molecular formula is C9H9N5O4. The summed E-state index contributed by atoms with van der Waals surface area (Å²) in [5.74, 6) is -1.52. The number of rotatable bonds is 5. The minimum atomic E-state index is -1.15. The third kappa shape index (κ3) is 2.70. The van der Waals surface area contributed by atoms with Gasteiger partial charge >= 0.3 is 5.97 Å². The summed E-state index contributed by atoms with van der Waals surface area (Å²) in [7, 11) is 0. The van der Waals surface area contributed by atoms with E-state index in [4.69, 9.17) is 5.11 Å². The molecule has 0 aliphatic carbocycles. The average Bonchev–Trinajstić information content (AvgIpc) is 3.00. The second-order valence-corrected chi connectivity index (χ2v) is 3.31. The Balaban J connectivity index is 1.81. The second kappa shape index (κ2) is 5.08. The lowest BCUT2D eigenvalue weighted by molar-refractivity contribution is 0.0690. The molecule has 2 aromatic heterocycles. The summed E-state index contributed by atoms with van der Waals surface area (Å²) in [6, 6.07) is 1.44. The van der Waals surface area contributed by atoms with Gasteiger partial charge in [-0.15, -0.1) is 5.10 Å². The number of nitrogens with zero attached hydrogens (tertiary/aromatic N) is 4. The van der Waals surface area contributed by atoms with Crippen molar-refractivity contribution < 1.29 is 19.2 Å². The van der Waals surface area contributed by atoms with E-state index < -0.39 is 5.97 Å². The Hall–Kier alpha value is -2.71. The highest BCUT2D eigenvalue weighted by Crippen LogP contribution is 1.94. The van der Waals surface area contributed by atoms with Crippen molar-refractivity contribution in [2.45, 2.75) is 6.54 Å². The first-order valence-corrected chi connectivity index (χ1v) is 4.99. The fourth-order valence-electron chi connectivity index (χ4n) is 1.21. The monoisotopic (exact) mass is 251 g/mol. The van der Waals surface area contributed by atoms with E-state index >= 15 is 0 Å².